The first-order valence-electron chi connectivity index (χ1n) is 7.73. The van der Waals surface area contributed by atoms with E-state index in [4.69, 9.17) is 9.47 Å². The van der Waals surface area contributed by atoms with Gasteiger partial charge in [0.25, 0.3) is 0 Å². The summed E-state index contributed by atoms with van der Waals surface area (Å²) in [7, 11) is 1.89. The van der Waals surface area contributed by atoms with Crippen LogP contribution in [-0.2, 0) is 16.1 Å². The minimum Gasteiger partial charge on any atom is -0.486 e. The van der Waals surface area contributed by atoms with Crippen molar-refractivity contribution in [2.24, 2.45) is 0 Å². The number of rotatable bonds is 4. The fourth-order valence-corrected chi connectivity index (χ4v) is 2.74. The van der Waals surface area contributed by atoms with Gasteiger partial charge in [0, 0.05) is 19.6 Å². The van der Waals surface area contributed by atoms with Gasteiger partial charge < -0.3 is 19.7 Å². The van der Waals surface area contributed by atoms with Gasteiger partial charge in [0.05, 0.1) is 13.1 Å². The molecule has 0 aliphatic carbocycles. The molecule has 1 fully saturated rings. The van der Waals surface area contributed by atoms with Crippen LogP contribution in [0.4, 0.5) is 0 Å². The topological polar surface area (TPSA) is 71.1 Å². The van der Waals surface area contributed by atoms with Gasteiger partial charge in [-0.3, -0.25) is 14.5 Å². The summed E-state index contributed by atoms with van der Waals surface area (Å²) >= 11 is 0. The summed E-state index contributed by atoms with van der Waals surface area (Å²) in [4.78, 5) is 27.1. The van der Waals surface area contributed by atoms with Crippen LogP contribution < -0.4 is 14.8 Å². The van der Waals surface area contributed by atoms with Crippen LogP contribution in [0.5, 0.6) is 11.5 Å². The van der Waals surface area contributed by atoms with Gasteiger partial charge in [-0.05, 0) is 24.7 Å². The third kappa shape index (κ3) is 3.92. The van der Waals surface area contributed by atoms with E-state index in [2.05, 4.69) is 5.32 Å². The van der Waals surface area contributed by atoms with Crippen LogP contribution in [0, 0.1) is 0 Å². The summed E-state index contributed by atoms with van der Waals surface area (Å²) in [5.74, 6) is 1.39. The molecule has 1 saturated heterocycles. The standard InChI is InChI=1S/C16H21N3O4/c1-18(11-16(21)19-5-4-17-15(20)10-19)9-12-2-3-13-14(8-12)23-7-6-22-13/h2-3,8H,4-7,9-11H2,1H3,(H,17,20). The number of hydrogen-bond donors (Lipinski definition) is 1. The summed E-state index contributed by atoms with van der Waals surface area (Å²) in [6.07, 6.45) is 0. The molecular weight excluding hydrogens is 298 g/mol. The number of nitrogens with one attached hydrogen (secondary N) is 1. The van der Waals surface area contributed by atoms with Crippen molar-refractivity contribution >= 4 is 11.8 Å². The SMILES string of the molecule is CN(CC(=O)N1CCNC(=O)C1)Cc1ccc2c(c1)OCCO2. The quantitative estimate of drug-likeness (QED) is 0.836. The van der Waals surface area contributed by atoms with E-state index in [0.717, 1.165) is 17.1 Å². The molecule has 2 aliphatic heterocycles. The van der Waals surface area contributed by atoms with Crippen molar-refractivity contribution in [1.29, 1.82) is 0 Å². The zero-order valence-electron chi connectivity index (χ0n) is 13.2. The molecule has 0 aromatic heterocycles. The van der Waals surface area contributed by atoms with E-state index in [-0.39, 0.29) is 24.9 Å². The normalized spacial score (nSPS) is 17.1. The molecule has 23 heavy (non-hydrogen) atoms. The number of ether oxygens (including phenoxy) is 2. The second-order valence-corrected chi connectivity index (χ2v) is 5.82. The number of likely N-dealkylation sites (N-methyl/N-ethyl adjacent to an activating group) is 1. The van der Waals surface area contributed by atoms with Crippen LogP contribution in [0.2, 0.25) is 0 Å². The lowest BCUT2D eigenvalue weighted by Crippen LogP contribution is -2.52. The monoisotopic (exact) mass is 319 g/mol. The Morgan fingerprint density at radius 1 is 1.30 bits per heavy atom. The lowest BCUT2D eigenvalue weighted by molar-refractivity contribution is -0.138. The molecule has 1 aromatic rings. The number of benzene rings is 1. The van der Waals surface area contributed by atoms with Crippen LogP contribution in [0.1, 0.15) is 5.56 Å². The van der Waals surface area contributed by atoms with E-state index >= 15 is 0 Å². The molecule has 1 aromatic carbocycles. The van der Waals surface area contributed by atoms with Gasteiger partial charge in [0.1, 0.15) is 13.2 Å². The predicted octanol–water partition coefficient (Wildman–Crippen LogP) is -0.152. The van der Waals surface area contributed by atoms with Crippen LogP contribution in [-0.4, -0.2) is 68.1 Å². The van der Waals surface area contributed by atoms with E-state index in [1.54, 1.807) is 4.90 Å². The van der Waals surface area contributed by atoms with Crippen LogP contribution >= 0.6 is 0 Å². The van der Waals surface area contributed by atoms with Crippen molar-refractivity contribution in [3.8, 4) is 11.5 Å². The zero-order valence-corrected chi connectivity index (χ0v) is 13.2. The Balaban J connectivity index is 1.55. The van der Waals surface area contributed by atoms with Gasteiger partial charge in [-0.2, -0.15) is 0 Å². The van der Waals surface area contributed by atoms with Gasteiger partial charge in [-0.15, -0.1) is 0 Å². The molecule has 0 radical (unpaired) electrons. The first-order chi connectivity index (χ1) is 11.1. The number of amides is 2. The second-order valence-electron chi connectivity index (χ2n) is 5.82. The predicted molar refractivity (Wildman–Crippen MR) is 83.4 cm³/mol. The lowest BCUT2D eigenvalue weighted by atomic mass is 10.2. The molecule has 124 valence electrons. The maximum atomic E-state index is 12.2. The summed E-state index contributed by atoms with van der Waals surface area (Å²) < 4.78 is 11.1. The molecule has 7 heteroatoms. The Kier molecular flexibility index (Phi) is 4.66. The first-order valence-corrected chi connectivity index (χ1v) is 7.73. The highest BCUT2D eigenvalue weighted by Gasteiger charge is 2.22. The molecule has 2 heterocycles. The van der Waals surface area contributed by atoms with E-state index in [1.807, 2.05) is 30.1 Å². The van der Waals surface area contributed by atoms with Gasteiger partial charge in [0.15, 0.2) is 11.5 Å². The second kappa shape index (κ2) is 6.87. The van der Waals surface area contributed by atoms with Crippen LogP contribution in [0.25, 0.3) is 0 Å². The molecular formula is C16H21N3O4. The Labute approximate surface area is 135 Å². The average Bonchev–Trinajstić information content (AvgIpc) is 2.54. The largest absolute Gasteiger partial charge is 0.486 e. The van der Waals surface area contributed by atoms with Crippen molar-refractivity contribution in [2.45, 2.75) is 6.54 Å². The van der Waals surface area contributed by atoms with Gasteiger partial charge in [-0.1, -0.05) is 6.07 Å². The summed E-state index contributed by atoms with van der Waals surface area (Å²) in [5, 5.41) is 2.72. The average molecular weight is 319 g/mol. The number of fused-ring (bicyclic) bond motifs is 1. The van der Waals surface area contributed by atoms with E-state index in [9.17, 15) is 9.59 Å². The Bertz CT molecular complexity index is 605. The molecule has 7 nitrogen and oxygen atoms in total. The molecule has 0 unspecified atom stereocenters. The zero-order chi connectivity index (χ0) is 16.2. The number of piperazine rings is 1. The number of carbonyl (C=O) groups excluding carboxylic acids is 2. The molecule has 0 atom stereocenters. The van der Waals surface area contributed by atoms with Crippen molar-refractivity contribution in [2.75, 3.05) is 46.4 Å². The molecule has 0 saturated carbocycles. The van der Waals surface area contributed by atoms with E-state index in [0.29, 0.717) is 32.8 Å². The Hall–Kier alpha value is -2.28. The van der Waals surface area contributed by atoms with Crippen LogP contribution in [0.15, 0.2) is 18.2 Å². The maximum Gasteiger partial charge on any atom is 0.239 e. The highest BCUT2D eigenvalue weighted by atomic mass is 16.6. The summed E-state index contributed by atoms with van der Waals surface area (Å²) in [6, 6.07) is 5.82. The van der Waals surface area contributed by atoms with Crippen LogP contribution in [0.3, 0.4) is 0 Å². The highest BCUT2D eigenvalue weighted by Crippen LogP contribution is 2.30. The third-order valence-electron chi connectivity index (χ3n) is 3.86. The van der Waals surface area contributed by atoms with Gasteiger partial charge in [-0.25, -0.2) is 0 Å². The number of carbonyl (C=O) groups is 2. The highest BCUT2D eigenvalue weighted by molar-refractivity contribution is 5.86. The summed E-state index contributed by atoms with van der Waals surface area (Å²) in [5.41, 5.74) is 1.06. The lowest BCUT2D eigenvalue weighted by Gasteiger charge is -2.28. The van der Waals surface area contributed by atoms with E-state index in [1.165, 1.54) is 0 Å². The molecule has 1 N–H and O–H groups in total. The number of hydrogen-bond acceptors (Lipinski definition) is 5. The minimum absolute atomic E-state index is 0.0279. The molecule has 2 amide bonds. The fraction of sp³-hybridized carbons (Fsp3) is 0.500. The smallest absolute Gasteiger partial charge is 0.239 e. The molecule has 2 aliphatic rings. The van der Waals surface area contributed by atoms with Crippen molar-refractivity contribution in [3.05, 3.63) is 23.8 Å². The fourth-order valence-electron chi connectivity index (χ4n) is 2.74. The molecule has 0 bridgehead atoms. The first kappa shape index (κ1) is 15.6. The maximum absolute atomic E-state index is 12.2. The number of nitrogens with zero attached hydrogens (tertiary/aromatic N) is 2. The van der Waals surface area contributed by atoms with E-state index < -0.39 is 0 Å². The Morgan fingerprint density at radius 3 is 2.87 bits per heavy atom. The van der Waals surface area contributed by atoms with Crippen molar-refractivity contribution < 1.29 is 19.1 Å². The minimum atomic E-state index is -0.0981. The third-order valence-corrected chi connectivity index (χ3v) is 3.86. The summed E-state index contributed by atoms with van der Waals surface area (Å²) in [6.45, 7) is 3.28. The van der Waals surface area contributed by atoms with Crippen molar-refractivity contribution in [3.63, 3.8) is 0 Å². The Morgan fingerprint density at radius 2 is 2.09 bits per heavy atom. The molecule has 0 spiro atoms. The molecule has 3 rings (SSSR count). The van der Waals surface area contributed by atoms with Crippen molar-refractivity contribution in [1.82, 2.24) is 15.1 Å². The van der Waals surface area contributed by atoms with Gasteiger partial charge in [0.2, 0.25) is 11.8 Å². The van der Waals surface area contributed by atoms with Gasteiger partial charge >= 0.3 is 0 Å².